The number of phenolic OH excluding ortho intramolecular Hbond substituents is 2. The Morgan fingerprint density at radius 1 is 0.558 bits per heavy atom. The zero-order chi connectivity index (χ0) is 39.6. The third kappa shape index (κ3) is 6.02. The number of nitrogens with zero attached hydrogens (tertiary/aromatic N) is 2. The maximum Gasteiger partial charge on any atom is 0.297 e. The summed E-state index contributed by atoms with van der Waals surface area (Å²) in [5, 5.41) is 27.9. The summed E-state index contributed by atoms with van der Waals surface area (Å²) in [5.41, 5.74) is 15.9. The van der Waals surface area contributed by atoms with Gasteiger partial charge in [-0.05, 0) is 82.6 Å². The molecule has 0 aliphatic rings. The summed E-state index contributed by atoms with van der Waals surface area (Å²) in [6.07, 6.45) is 0. The molecule has 6 aromatic rings. The monoisotopic (exact) mass is 820 g/mol. The van der Waals surface area contributed by atoms with Gasteiger partial charge in [-0.3, -0.25) is 9.11 Å². The van der Waals surface area contributed by atoms with Crippen LogP contribution in [0, 0.1) is 11.0 Å². The van der Waals surface area contributed by atoms with E-state index in [4.69, 9.17) is 60.7 Å². The Balaban J connectivity index is 1.65. The molecular formula is C32H20Cl4N6O8S2. The predicted molar refractivity (Wildman–Crippen MR) is 199 cm³/mol. The molecule has 0 amide bonds. The van der Waals surface area contributed by atoms with Crippen LogP contribution in [0.25, 0.3) is 54.9 Å². The van der Waals surface area contributed by atoms with Gasteiger partial charge in [0.1, 0.15) is 21.2 Å². The van der Waals surface area contributed by atoms with Crippen LogP contribution in [0.2, 0.25) is 22.9 Å². The molecule has 6 rings (SSSR count). The van der Waals surface area contributed by atoms with Gasteiger partial charge in [-0.25, -0.2) is 11.0 Å². The van der Waals surface area contributed by atoms with E-state index in [0.717, 1.165) is 0 Å². The van der Waals surface area contributed by atoms with Crippen LogP contribution >= 0.6 is 46.4 Å². The molecule has 0 aliphatic heterocycles. The van der Waals surface area contributed by atoms with Crippen molar-refractivity contribution < 1.29 is 39.0 Å². The van der Waals surface area contributed by atoms with E-state index >= 15 is 0 Å². The van der Waals surface area contributed by atoms with E-state index in [1.807, 2.05) is 0 Å². The van der Waals surface area contributed by atoms with E-state index in [-0.39, 0.29) is 86.4 Å². The topological polar surface area (TPSA) is 274 Å². The number of aromatic hydroxyl groups is 2. The van der Waals surface area contributed by atoms with Crippen molar-refractivity contribution in [2.24, 2.45) is 10.2 Å². The second kappa shape index (κ2) is 13.0. The van der Waals surface area contributed by atoms with Crippen LogP contribution in [0.5, 0.6) is 11.5 Å². The number of nitrogen functional groups attached to an aromatic ring is 2. The molecule has 0 saturated carbocycles. The molecule has 0 aliphatic carbocycles. The summed E-state index contributed by atoms with van der Waals surface area (Å²) in [6, 6.07) is 13.4. The minimum Gasteiger partial charge on any atom is -0.505 e. The molecule has 0 heterocycles. The first-order chi connectivity index (χ1) is 25.3. The van der Waals surface area contributed by atoms with Crippen molar-refractivity contribution in [3.63, 3.8) is 0 Å². The second-order valence-corrected chi connectivity index (χ2v) is 15.5. The van der Waals surface area contributed by atoms with Crippen molar-refractivity contribution in [3.05, 3.63) is 80.8 Å². The molecule has 266 valence electrons. The van der Waals surface area contributed by atoms with E-state index < -0.39 is 52.9 Å². The SMILES string of the molecule is [H]/N=N/c1c(S(=O)(=O)O)c(-c2c(Cl)cc(-c3cc(Cl)c(-c4c(S(=O)(=O)O)c(/N=N/[H])c(O)c5ccc(N)cc45)c(Cl)c3)cc2Cl)c2cc(N)ccc2c1O. The number of nitrogens with two attached hydrogens (primary N) is 2. The van der Waals surface area contributed by atoms with Crippen molar-refractivity contribution in [1.29, 1.82) is 11.0 Å². The summed E-state index contributed by atoms with van der Waals surface area (Å²) in [6.45, 7) is 0. The Bertz CT molecular complexity index is 2680. The molecular weight excluding hydrogens is 802 g/mol. The number of halogens is 4. The number of nitrogens with one attached hydrogen (secondary N) is 2. The first kappa shape index (κ1) is 34.3. The summed E-state index contributed by atoms with van der Waals surface area (Å²) in [5.74, 6) is -1.47. The maximum absolute atomic E-state index is 12.8. The van der Waals surface area contributed by atoms with E-state index in [0.29, 0.717) is 0 Å². The smallest absolute Gasteiger partial charge is 0.297 e. The van der Waals surface area contributed by atoms with Crippen LogP contribution < -0.4 is 11.5 Å². The normalized spacial score (nSPS) is 13.0. The Labute approximate surface area is 316 Å². The van der Waals surface area contributed by atoms with Gasteiger partial charge in [-0.2, -0.15) is 27.1 Å². The van der Waals surface area contributed by atoms with Gasteiger partial charge in [0, 0.05) is 44.4 Å². The van der Waals surface area contributed by atoms with Crippen molar-refractivity contribution in [3.8, 4) is 44.9 Å². The van der Waals surface area contributed by atoms with Crippen LogP contribution in [-0.2, 0) is 20.2 Å². The van der Waals surface area contributed by atoms with Gasteiger partial charge in [0.15, 0.2) is 11.5 Å². The second-order valence-electron chi connectivity index (χ2n) is 11.2. The fourth-order valence-corrected chi connectivity index (χ4v) is 9.10. The third-order valence-electron chi connectivity index (χ3n) is 8.10. The van der Waals surface area contributed by atoms with Gasteiger partial charge in [0.25, 0.3) is 20.2 Å². The molecule has 0 aromatic heterocycles. The number of anilines is 2. The highest BCUT2D eigenvalue weighted by atomic mass is 35.5. The van der Waals surface area contributed by atoms with E-state index in [1.165, 1.54) is 60.7 Å². The molecule has 0 bridgehead atoms. The number of benzene rings is 6. The number of rotatable bonds is 7. The van der Waals surface area contributed by atoms with E-state index in [1.54, 1.807) is 0 Å². The molecule has 6 aromatic carbocycles. The minimum atomic E-state index is -5.24. The van der Waals surface area contributed by atoms with Gasteiger partial charge >= 0.3 is 0 Å². The zero-order valence-electron chi connectivity index (χ0n) is 27.5. The molecule has 0 radical (unpaired) electrons. The Morgan fingerprint density at radius 2 is 0.885 bits per heavy atom. The van der Waals surface area contributed by atoms with Crippen molar-refractivity contribution in [2.45, 2.75) is 9.79 Å². The molecule has 0 fully saturated rings. The number of phenols is 2. The molecule has 10 N–H and O–H groups in total. The van der Waals surface area contributed by atoms with Crippen molar-refractivity contribution >= 4 is 111 Å². The summed E-state index contributed by atoms with van der Waals surface area (Å²) in [7, 11) is -10.5. The lowest BCUT2D eigenvalue weighted by molar-refractivity contribution is 0.472. The van der Waals surface area contributed by atoms with Crippen LogP contribution in [0.4, 0.5) is 22.7 Å². The lowest BCUT2D eigenvalue weighted by Crippen LogP contribution is -2.04. The number of hydrogen-bond donors (Lipinski definition) is 8. The zero-order valence-corrected chi connectivity index (χ0v) is 30.1. The predicted octanol–water partition coefficient (Wildman–Crippen LogP) is 10.0. The Kier molecular flexibility index (Phi) is 8.59. The molecule has 0 saturated heterocycles. The summed E-state index contributed by atoms with van der Waals surface area (Å²) < 4.78 is 86.5. The van der Waals surface area contributed by atoms with Gasteiger partial charge in [-0.1, -0.05) is 46.4 Å². The largest absolute Gasteiger partial charge is 0.505 e. The fraction of sp³-hybridized carbons (Fsp3) is 0. The van der Waals surface area contributed by atoms with Crippen LogP contribution in [0.3, 0.4) is 0 Å². The Morgan fingerprint density at radius 3 is 1.17 bits per heavy atom. The maximum atomic E-state index is 12.8. The molecule has 20 heteroatoms. The first-order valence-electron chi connectivity index (χ1n) is 15.0. The van der Waals surface area contributed by atoms with E-state index in [2.05, 4.69) is 21.3 Å². The highest BCUT2D eigenvalue weighted by molar-refractivity contribution is 7.86. The molecule has 0 spiro atoms. The van der Waals surface area contributed by atoms with Gasteiger partial charge < -0.3 is 21.7 Å². The molecule has 52 heavy (non-hydrogen) atoms. The molecule has 14 nitrogen and oxygen atoms in total. The number of fused-ring (bicyclic) bond motifs is 2. The lowest BCUT2D eigenvalue weighted by Gasteiger charge is -2.20. The highest BCUT2D eigenvalue weighted by Gasteiger charge is 2.33. The minimum absolute atomic E-state index is 0.000471. The lowest BCUT2D eigenvalue weighted by atomic mass is 9.92. The van der Waals surface area contributed by atoms with Gasteiger partial charge in [-0.15, -0.1) is 0 Å². The summed E-state index contributed by atoms with van der Waals surface area (Å²) >= 11 is 27.2. The average molecular weight is 822 g/mol. The van der Waals surface area contributed by atoms with Gasteiger partial charge in [0.2, 0.25) is 2.82 Å². The van der Waals surface area contributed by atoms with Crippen LogP contribution in [-0.4, -0.2) is 36.2 Å². The standard InChI is InChI=1S/C32H20Cl4N6O8S2/c33-19-5-11(6-20(34)25(19)23-17-9-13(37)1-3-15(17)29(43)27(41-39)31(23)51(45,46)47)12-7-21(35)26(22(36)8-12)24-18-10-14(38)2-4-16(18)30(44)28(42-40)32(24)52(48,49)50/h1-10,39-40,43-44H,37-38H2,(H,45,46,47)(H,48,49,50)/b41-39+,42-40+. The first-order valence-corrected chi connectivity index (χ1v) is 18.5. The van der Waals surface area contributed by atoms with Crippen LogP contribution in [0.1, 0.15) is 0 Å². The molecule has 0 unspecified atom stereocenters. The van der Waals surface area contributed by atoms with E-state index in [9.17, 15) is 36.2 Å². The highest BCUT2D eigenvalue weighted by Crippen LogP contribution is 2.54. The average Bonchev–Trinajstić information content (AvgIpc) is 3.06. The summed E-state index contributed by atoms with van der Waals surface area (Å²) in [4.78, 5) is -1.94. The molecule has 0 atom stereocenters. The fourth-order valence-electron chi connectivity index (χ4n) is 6.04. The van der Waals surface area contributed by atoms with Crippen molar-refractivity contribution in [2.75, 3.05) is 11.5 Å². The van der Waals surface area contributed by atoms with Gasteiger partial charge in [0.05, 0.1) is 20.1 Å². The quantitative estimate of drug-likeness (QED) is 0.0428. The van der Waals surface area contributed by atoms with Crippen molar-refractivity contribution in [1.82, 2.24) is 0 Å². The number of hydrogen-bond acceptors (Lipinski definition) is 12. The van der Waals surface area contributed by atoms with Crippen LogP contribution in [0.15, 0.2) is 80.7 Å². The Hall–Kier alpha value is -4.78. The third-order valence-corrected chi connectivity index (χ3v) is 11.1.